The maximum absolute atomic E-state index is 7.39. The normalized spacial score (nSPS) is 14.4. The van der Waals surface area contributed by atoms with E-state index in [1.54, 1.807) is 0 Å². The van der Waals surface area contributed by atoms with Crippen molar-refractivity contribution >= 4 is 90.6 Å². The second-order valence-corrected chi connectivity index (χ2v) is 15.1. The van der Waals surface area contributed by atoms with Gasteiger partial charge in [-0.2, -0.15) is 0 Å². The van der Waals surface area contributed by atoms with Gasteiger partial charge in [0.05, 0.1) is 22.1 Å². The summed E-state index contributed by atoms with van der Waals surface area (Å²) in [5.41, 5.74) is 27.3. The minimum Gasteiger partial charge on any atom is -0.453 e. The molecule has 2 aromatic heterocycles. The molecule has 0 fully saturated rings. The van der Waals surface area contributed by atoms with Crippen molar-refractivity contribution in [3.63, 3.8) is 0 Å². The van der Waals surface area contributed by atoms with E-state index in [4.69, 9.17) is 8.83 Å². The molecule has 5 aliphatic heterocycles. The van der Waals surface area contributed by atoms with E-state index >= 15 is 0 Å². The van der Waals surface area contributed by atoms with Crippen LogP contribution in [-0.2, 0) is 19.3 Å². The van der Waals surface area contributed by atoms with Crippen LogP contribution in [0, 0.1) is 0 Å². The summed E-state index contributed by atoms with van der Waals surface area (Å²) >= 11 is 0. The van der Waals surface area contributed by atoms with Crippen molar-refractivity contribution in [1.82, 2.24) is 9.13 Å². The molecule has 14 rings (SSSR count). The first-order valence-electron chi connectivity index (χ1n) is 18.1. The molecular weight excluding hydrogens is 622 g/mol. The summed E-state index contributed by atoms with van der Waals surface area (Å²) in [7, 11) is 0. The number of aromatic nitrogens is 2. The highest BCUT2D eigenvalue weighted by atomic mass is 16.3. The predicted octanol–water partition coefficient (Wildman–Crippen LogP) is 5.56. The van der Waals surface area contributed by atoms with Gasteiger partial charge in [-0.05, 0) is 68.3 Å². The zero-order chi connectivity index (χ0) is 32.7. The maximum Gasteiger partial charge on any atom is 0.253 e. The second kappa shape index (κ2) is 8.59. The van der Waals surface area contributed by atoms with Gasteiger partial charge in [0.2, 0.25) is 0 Å². The summed E-state index contributed by atoms with van der Waals surface area (Å²) in [5.74, 6) is 0. The Bertz CT molecular complexity index is 2970. The molecule has 0 N–H and O–H groups in total. The number of hydrogen-bond acceptors (Lipinski definition) is 2. The van der Waals surface area contributed by atoms with Crippen molar-refractivity contribution in [3.8, 4) is 11.4 Å². The lowest BCUT2D eigenvalue weighted by Crippen LogP contribution is -2.65. The lowest BCUT2D eigenvalue weighted by molar-refractivity contribution is 0.642. The third-order valence-corrected chi connectivity index (χ3v) is 12.7. The van der Waals surface area contributed by atoms with Crippen molar-refractivity contribution in [2.24, 2.45) is 0 Å². The average Bonchev–Trinajstić information content (AvgIpc) is 3.18. The van der Waals surface area contributed by atoms with Gasteiger partial charge in [-0.25, -0.2) is 0 Å². The van der Waals surface area contributed by atoms with Gasteiger partial charge in [-0.1, -0.05) is 120 Å². The molecular formula is C45H26B2N2O2. The third-order valence-electron chi connectivity index (χ3n) is 12.7. The SMILES string of the molecule is c1ccc(B(c2ccccc2)c2c3oc4cccc5c4n4c3c3c6c2oc2cccc7c2n6-c2c(ccc6c2B3c2c(ccc(c2-4)C5)C6)C7)cc1. The summed E-state index contributed by atoms with van der Waals surface area (Å²) in [6, 6.07) is 44.8. The summed E-state index contributed by atoms with van der Waals surface area (Å²) in [6.07, 6.45) is 2.76. The molecule has 51 heavy (non-hydrogen) atoms. The van der Waals surface area contributed by atoms with Crippen LogP contribution in [0.1, 0.15) is 33.4 Å². The monoisotopic (exact) mass is 648 g/mol. The van der Waals surface area contributed by atoms with E-state index in [9.17, 15) is 0 Å². The molecule has 0 radical (unpaired) electrons. The fraction of sp³-hybridized carbons (Fsp3) is 0.0667. The third kappa shape index (κ3) is 2.86. The molecule has 9 aromatic rings. The van der Waals surface area contributed by atoms with Crippen molar-refractivity contribution in [2.45, 2.75) is 19.3 Å². The van der Waals surface area contributed by atoms with Crippen molar-refractivity contribution in [1.29, 1.82) is 0 Å². The molecule has 6 heteroatoms. The Balaban J connectivity index is 1.33. The number of benzene rings is 7. The smallest absolute Gasteiger partial charge is 0.253 e. The summed E-state index contributed by atoms with van der Waals surface area (Å²) in [6.45, 7) is -0.0239. The van der Waals surface area contributed by atoms with Gasteiger partial charge in [0.15, 0.2) is 11.2 Å². The molecule has 0 aliphatic carbocycles. The lowest BCUT2D eigenvalue weighted by Gasteiger charge is -2.43. The lowest BCUT2D eigenvalue weighted by atomic mass is 9.30. The Morgan fingerprint density at radius 2 is 0.902 bits per heavy atom. The summed E-state index contributed by atoms with van der Waals surface area (Å²) in [4.78, 5) is 0. The zero-order valence-electron chi connectivity index (χ0n) is 27.5. The maximum atomic E-state index is 7.39. The average molecular weight is 648 g/mol. The van der Waals surface area contributed by atoms with Gasteiger partial charge in [0, 0.05) is 29.7 Å². The molecule has 0 unspecified atom stereocenters. The number of hydrogen-bond donors (Lipinski definition) is 0. The van der Waals surface area contributed by atoms with Gasteiger partial charge in [0.1, 0.15) is 11.2 Å². The van der Waals surface area contributed by atoms with Gasteiger partial charge >= 0.3 is 0 Å². The fourth-order valence-electron chi connectivity index (χ4n) is 10.9. The molecule has 0 saturated carbocycles. The highest BCUT2D eigenvalue weighted by molar-refractivity contribution is 7.03. The molecule has 7 heterocycles. The van der Waals surface area contributed by atoms with Crippen LogP contribution in [0.4, 0.5) is 0 Å². The Morgan fingerprint density at radius 3 is 1.41 bits per heavy atom. The predicted molar refractivity (Wildman–Crippen MR) is 208 cm³/mol. The van der Waals surface area contributed by atoms with Crippen LogP contribution < -0.4 is 32.8 Å². The standard InChI is InChI=1S/C45H26B2N2O2/c1-3-11-30(12-4-1)46(31-13-5-2-6-14-31)37-44-42-36-43-45(37)51-33-16-8-10-27-23-29-20-18-25-21-24-17-19-28-22-26-9-7-15-32(50-44)38(26)48(42)40(28)34(24)47(36)35(25)41(29)49(43)39(27)33/h1-20H,21-23H2. The first-order chi connectivity index (χ1) is 25.3. The quantitative estimate of drug-likeness (QED) is 0.186. The van der Waals surface area contributed by atoms with Crippen LogP contribution in [-0.4, -0.2) is 22.6 Å². The Morgan fingerprint density at radius 1 is 0.431 bits per heavy atom. The highest BCUT2D eigenvalue weighted by Crippen LogP contribution is 2.44. The Labute approximate surface area is 293 Å². The Hall–Kier alpha value is -6.13. The summed E-state index contributed by atoms with van der Waals surface area (Å²) < 4.78 is 20.0. The van der Waals surface area contributed by atoms with Gasteiger partial charge < -0.3 is 18.0 Å². The number of para-hydroxylation sites is 2. The van der Waals surface area contributed by atoms with Crippen LogP contribution in [0.3, 0.4) is 0 Å². The fourth-order valence-corrected chi connectivity index (χ4v) is 10.9. The van der Waals surface area contributed by atoms with Crippen LogP contribution in [0.25, 0.3) is 55.8 Å². The largest absolute Gasteiger partial charge is 0.453 e. The van der Waals surface area contributed by atoms with Crippen molar-refractivity contribution in [3.05, 3.63) is 155 Å². The number of rotatable bonds is 3. The van der Waals surface area contributed by atoms with E-state index < -0.39 is 0 Å². The van der Waals surface area contributed by atoms with E-state index in [2.05, 4.69) is 130 Å². The van der Waals surface area contributed by atoms with E-state index in [-0.39, 0.29) is 13.4 Å². The van der Waals surface area contributed by atoms with Crippen molar-refractivity contribution in [2.75, 3.05) is 0 Å². The molecule has 0 bridgehead atoms. The van der Waals surface area contributed by atoms with E-state index in [1.165, 1.54) is 94.1 Å². The van der Waals surface area contributed by atoms with Gasteiger partial charge in [0.25, 0.3) is 13.4 Å². The topological polar surface area (TPSA) is 36.1 Å². The van der Waals surface area contributed by atoms with Gasteiger partial charge in [-0.3, -0.25) is 0 Å². The van der Waals surface area contributed by atoms with Crippen LogP contribution >= 0.6 is 0 Å². The zero-order valence-corrected chi connectivity index (χ0v) is 27.5. The Kier molecular flexibility index (Phi) is 4.34. The summed E-state index contributed by atoms with van der Waals surface area (Å²) in [5, 5.41) is 0. The second-order valence-electron chi connectivity index (χ2n) is 15.1. The first-order valence-corrected chi connectivity index (χ1v) is 18.1. The molecule has 0 amide bonds. The number of nitrogens with zero attached hydrogens (tertiary/aromatic N) is 2. The van der Waals surface area contributed by atoms with Crippen LogP contribution in [0.5, 0.6) is 0 Å². The molecule has 7 aromatic carbocycles. The van der Waals surface area contributed by atoms with E-state index in [0.717, 1.165) is 47.1 Å². The highest BCUT2D eigenvalue weighted by Gasteiger charge is 2.49. The molecule has 4 nitrogen and oxygen atoms in total. The van der Waals surface area contributed by atoms with Gasteiger partial charge in [-0.15, -0.1) is 0 Å². The minimum absolute atomic E-state index is 0.107. The molecule has 0 saturated heterocycles. The van der Waals surface area contributed by atoms with E-state index in [1.807, 2.05) is 0 Å². The molecule has 5 aliphatic rings. The van der Waals surface area contributed by atoms with E-state index in [0.29, 0.717) is 0 Å². The molecule has 0 spiro atoms. The van der Waals surface area contributed by atoms with Crippen LogP contribution in [0.15, 0.2) is 130 Å². The first kappa shape index (κ1) is 25.8. The van der Waals surface area contributed by atoms with Crippen LogP contribution in [0.2, 0.25) is 0 Å². The molecule has 0 atom stereocenters. The minimum atomic E-state index is -0.131. The molecule has 234 valence electrons. The van der Waals surface area contributed by atoms with Crippen molar-refractivity contribution < 1.29 is 8.83 Å².